The topological polar surface area (TPSA) is 79.5 Å². The van der Waals surface area contributed by atoms with Crippen LogP contribution in [0.15, 0.2) is 60.7 Å². The summed E-state index contributed by atoms with van der Waals surface area (Å²) >= 11 is 0. The summed E-state index contributed by atoms with van der Waals surface area (Å²) in [5.41, 5.74) is -7.48. The summed E-state index contributed by atoms with van der Waals surface area (Å²) in [6.07, 6.45) is -16.0. The van der Waals surface area contributed by atoms with Gasteiger partial charge >= 0.3 is 18.5 Å². The fourth-order valence-electron chi connectivity index (χ4n) is 4.22. The molecule has 2 amide bonds. The fraction of sp³-hybridized carbons (Fsp3) is 0.231. The van der Waals surface area contributed by atoms with Crippen LogP contribution in [0.3, 0.4) is 0 Å². The first-order valence-electron chi connectivity index (χ1n) is 11.5. The van der Waals surface area contributed by atoms with Gasteiger partial charge in [0, 0.05) is 23.7 Å². The largest absolute Gasteiger partial charge is 0.428 e. The number of halogens is 9. The van der Waals surface area contributed by atoms with Gasteiger partial charge in [-0.2, -0.15) is 39.5 Å². The van der Waals surface area contributed by atoms with Crippen molar-refractivity contribution in [2.75, 3.05) is 13.6 Å². The summed E-state index contributed by atoms with van der Waals surface area (Å²) in [5, 5.41) is 5.12. The third-order valence-corrected chi connectivity index (χ3v) is 6.25. The van der Waals surface area contributed by atoms with E-state index < -0.39 is 58.3 Å². The van der Waals surface area contributed by atoms with E-state index in [9.17, 15) is 49.1 Å². The van der Waals surface area contributed by atoms with Crippen LogP contribution in [0.5, 0.6) is 0 Å². The molecule has 1 aliphatic heterocycles. The predicted octanol–water partition coefficient (Wildman–Crippen LogP) is 5.69. The minimum absolute atomic E-state index is 0.00222. The van der Waals surface area contributed by atoms with Crippen LogP contribution in [-0.4, -0.2) is 31.6 Å². The van der Waals surface area contributed by atoms with E-state index in [0.29, 0.717) is 6.08 Å². The monoisotopic (exact) mass is 591 g/mol. The highest BCUT2D eigenvalue weighted by atomic mass is 19.4. The zero-order chi connectivity index (χ0) is 30.4. The Morgan fingerprint density at radius 3 is 1.98 bits per heavy atom. The van der Waals surface area contributed by atoms with Gasteiger partial charge in [-0.15, -0.1) is 0 Å². The van der Waals surface area contributed by atoms with Crippen LogP contribution in [0.2, 0.25) is 0 Å². The lowest BCUT2D eigenvalue weighted by atomic mass is 9.88. The van der Waals surface area contributed by atoms with Crippen LogP contribution in [-0.2, 0) is 27.6 Å². The molecule has 0 fully saturated rings. The molecule has 3 aromatic rings. The molecular formula is C26H18F9N3O3. The number of hydroxylamine groups is 1. The maximum absolute atomic E-state index is 14.5. The molecule has 6 nitrogen and oxygen atoms in total. The van der Waals surface area contributed by atoms with Crippen LogP contribution < -0.4 is 16.1 Å². The van der Waals surface area contributed by atoms with Crippen molar-refractivity contribution in [3.05, 3.63) is 88.5 Å². The summed E-state index contributed by atoms with van der Waals surface area (Å²) in [6.45, 7) is -0.364. The molecule has 1 atom stereocenters. The molecule has 3 N–H and O–H groups in total. The van der Waals surface area contributed by atoms with Crippen molar-refractivity contribution in [3.63, 3.8) is 0 Å². The smallest absolute Gasteiger partial charge is 0.358 e. The number of alkyl halides is 9. The number of amides is 2. The first kappa shape index (κ1) is 29.7. The Labute approximate surface area is 225 Å². The molecule has 0 bridgehead atoms. The standard InChI is InChI=1S/C26H18F9N3O3/c1-36-21(39)12-37-22(40)19-7-6-18(16-4-2-3-5-17(16)19)20-11-23(41-38-20,26(33,34)35)13-8-14(24(27,28)29)10-15(9-13)25(30,31)32/h2-11,38H,12H2,1H3,(H,36,39)(H,37,40). The van der Waals surface area contributed by atoms with E-state index in [-0.39, 0.29) is 46.6 Å². The summed E-state index contributed by atoms with van der Waals surface area (Å²) in [6, 6.07) is 7.97. The first-order valence-corrected chi connectivity index (χ1v) is 11.5. The van der Waals surface area contributed by atoms with Crippen LogP contribution in [0.4, 0.5) is 39.5 Å². The van der Waals surface area contributed by atoms with Gasteiger partial charge in [-0.25, -0.2) is 0 Å². The number of likely N-dealkylation sites (N-methyl/N-ethyl adjacent to an activating group) is 1. The maximum atomic E-state index is 14.5. The van der Waals surface area contributed by atoms with Crippen LogP contribution in [0.25, 0.3) is 16.5 Å². The van der Waals surface area contributed by atoms with Crippen molar-refractivity contribution in [2.24, 2.45) is 0 Å². The van der Waals surface area contributed by atoms with Crippen molar-refractivity contribution < 1.29 is 53.9 Å². The third-order valence-electron chi connectivity index (χ3n) is 6.25. The van der Waals surface area contributed by atoms with Gasteiger partial charge < -0.3 is 10.6 Å². The van der Waals surface area contributed by atoms with Crippen LogP contribution in [0.1, 0.15) is 32.6 Å². The number of hydrogen-bond acceptors (Lipinski definition) is 4. The zero-order valence-electron chi connectivity index (χ0n) is 20.6. The second kappa shape index (κ2) is 10.3. The Hall–Kier alpha value is -4.27. The number of rotatable bonds is 5. The lowest BCUT2D eigenvalue weighted by Crippen LogP contribution is -2.43. The van der Waals surface area contributed by atoms with Crippen molar-refractivity contribution in [2.45, 2.75) is 24.1 Å². The van der Waals surface area contributed by atoms with Crippen molar-refractivity contribution in [1.82, 2.24) is 16.1 Å². The van der Waals surface area contributed by atoms with Gasteiger partial charge in [0.25, 0.3) is 5.91 Å². The van der Waals surface area contributed by atoms with Crippen molar-refractivity contribution >= 4 is 28.3 Å². The molecule has 15 heteroatoms. The second-order valence-corrected chi connectivity index (χ2v) is 8.85. The molecule has 0 aromatic heterocycles. The zero-order valence-corrected chi connectivity index (χ0v) is 20.6. The van der Waals surface area contributed by atoms with E-state index in [0.717, 1.165) is 0 Å². The number of benzene rings is 3. The highest BCUT2D eigenvalue weighted by Crippen LogP contribution is 2.50. The van der Waals surface area contributed by atoms with Gasteiger partial charge in [0.15, 0.2) is 0 Å². The van der Waals surface area contributed by atoms with E-state index >= 15 is 0 Å². The summed E-state index contributed by atoms with van der Waals surface area (Å²) in [5.74, 6) is -1.18. The molecule has 0 spiro atoms. The molecule has 1 heterocycles. The summed E-state index contributed by atoms with van der Waals surface area (Å²) in [4.78, 5) is 28.9. The molecule has 218 valence electrons. The average molecular weight is 591 g/mol. The quantitative estimate of drug-likeness (QED) is 0.334. The van der Waals surface area contributed by atoms with Gasteiger partial charge in [0.05, 0.1) is 23.4 Å². The minimum atomic E-state index is -5.52. The third kappa shape index (κ3) is 5.66. The average Bonchev–Trinajstić information content (AvgIpc) is 3.36. The Kier molecular flexibility index (Phi) is 7.45. The Bertz CT molecular complexity index is 1510. The van der Waals surface area contributed by atoms with Crippen molar-refractivity contribution in [1.29, 1.82) is 0 Å². The molecule has 0 radical (unpaired) electrons. The van der Waals surface area contributed by atoms with Crippen LogP contribution in [0, 0.1) is 0 Å². The molecule has 3 aromatic carbocycles. The van der Waals surface area contributed by atoms with E-state index in [2.05, 4.69) is 10.6 Å². The molecule has 0 saturated carbocycles. The van der Waals surface area contributed by atoms with Crippen molar-refractivity contribution in [3.8, 4) is 0 Å². The first-order chi connectivity index (χ1) is 19.0. The fourth-order valence-corrected chi connectivity index (χ4v) is 4.22. The molecular weight excluding hydrogens is 573 g/mol. The van der Waals surface area contributed by atoms with E-state index in [1.165, 1.54) is 43.4 Å². The molecule has 4 rings (SSSR count). The minimum Gasteiger partial charge on any atom is -0.358 e. The number of hydrogen-bond donors (Lipinski definition) is 3. The molecule has 0 aliphatic carbocycles. The molecule has 1 unspecified atom stereocenters. The number of nitrogens with one attached hydrogen (secondary N) is 3. The van der Waals surface area contributed by atoms with Gasteiger partial charge in [0.1, 0.15) is 0 Å². The van der Waals surface area contributed by atoms with Gasteiger partial charge in [0.2, 0.25) is 11.5 Å². The Balaban J connectivity index is 1.88. The number of fused-ring (bicyclic) bond motifs is 1. The molecule has 41 heavy (non-hydrogen) atoms. The summed E-state index contributed by atoms with van der Waals surface area (Å²) in [7, 11) is 1.35. The van der Waals surface area contributed by atoms with Gasteiger partial charge in [-0.3, -0.25) is 19.9 Å². The van der Waals surface area contributed by atoms with Gasteiger partial charge in [-0.1, -0.05) is 30.3 Å². The Morgan fingerprint density at radius 2 is 1.44 bits per heavy atom. The number of carbonyl (C=O) groups excluding carboxylic acids is 2. The highest BCUT2D eigenvalue weighted by molar-refractivity contribution is 6.10. The lowest BCUT2D eigenvalue weighted by Gasteiger charge is -2.29. The Morgan fingerprint density at radius 1 is 0.854 bits per heavy atom. The molecule has 0 saturated heterocycles. The maximum Gasteiger partial charge on any atom is 0.428 e. The predicted molar refractivity (Wildman–Crippen MR) is 127 cm³/mol. The SMILES string of the molecule is CNC(=O)CNC(=O)c1ccc(C2=CC(c3cc(C(F)(F)F)cc(C(F)(F)F)c3)(C(F)(F)F)ON2)c2ccccc12. The number of carbonyl (C=O) groups is 2. The highest BCUT2D eigenvalue weighted by Gasteiger charge is 2.60. The van der Waals surface area contributed by atoms with E-state index in [4.69, 9.17) is 4.84 Å². The van der Waals surface area contributed by atoms with Crippen LogP contribution >= 0.6 is 0 Å². The second-order valence-electron chi connectivity index (χ2n) is 8.85. The lowest BCUT2D eigenvalue weighted by molar-refractivity contribution is -0.269. The normalized spacial score (nSPS) is 17.7. The van der Waals surface area contributed by atoms with E-state index in [1.54, 1.807) is 0 Å². The van der Waals surface area contributed by atoms with Gasteiger partial charge in [-0.05, 0) is 41.1 Å². The van der Waals surface area contributed by atoms with E-state index in [1.807, 2.05) is 5.48 Å². The molecule has 1 aliphatic rings. The summed E-state index contributed by atoms with van der Waals surface area (Å²) < 4.78 is 124.